The van der Waals surface area contributed by atoms with Gasteiger partial charge in [-0.1, -0.05) is 111 Å². The maximum Gasteiger partial charge on any atom is 0.339 e. The lowest BCUT2D eigenvalue weighted by Gasteiger charge is -2.24. The number of carbonyl (C=O) groups is 8. The predicted molar refractivity (Wildman–Crippen MR) is 321 cm³/mol. The van der Waals surface area contributed by atoms with Gasteiger partial charge in [-0.05, 0) is 80.8 Å². The van der Waals surface area contributed by atoms with Crippen molar-refractivity contribution in [3.8, 4) is 34.0 Å². The second-order valence-electron chi connectivity index (χ2n) is 20.3. The van der Waals surface area contributed by atoms with Crippen molar-refractivity contribution < 1.29 is 105 Å². The molecule has 4 aromatic carbocycles. The standard InChI is InChI=1S/C31H34ClFN2O10.C21H19ClFN3O6.C9H15ClO4/c1-18(2)22(12-29(38)42-4)30(39)43-17-44-31(40)26(37)16-35(15-25(36)27-13-28(41-3)34-45-27)14-19-5-7-20(8-6-19)23-11-21(32)9-10-24(23)33;1-31-19-9-18(32-25-19)20(28)24-26(11-17(27)21(29)30)10-12-2-4-13(5-3-12)15-8-14(22)6-7-16(15)23;1-6(2)7(4-8(11)13-3)9(12)14-5-10/h5-11,13,18,22,26,37H,12,14-17H2,1-4H3;2-9,17,27H,10-11H2,1H3,(H,24,28)(H,29,30);6-7H,4-5H2,1-3H3/t22-,26+;17-;7-/m010/s1. The van der Waals surface area contributed by atoms with Crippen molar-refractivity contribution in [2.45, 2.75) is 65.8 Å². The molecular formula is C61H68Cl3F2N5O20. The van der Waals surface area contributed by atoms with Crippen molar-refractivity contribution in [3.05, 3.63) is 141 Å². The Kier molecular flexibility index (Phi) is 30.9. The number of aromatic nitrogens is 2. The van der Waals surface area contributed by atoms with Crippen LogP contribution in [0.15, 0.2) is 106 Å². The van der Waals surface area contributed by atoms with E-state index in [4.69, 9.17) is 67.9 Å². The number of Topliss-reactive ketones (excluding diaryl/α,β-unsaturated/α-hetero) is 1. The first-order valence-corrected chi connectivity index (χ1v) is 28.7. The summed E-state index contributed by atoms with van der Waals surface area (Å²) in [6.45, 7) is 5.38. The topological polar surface area (TPSA) is 332 Å². The van der Waals surface area contributed by atoms with Crippen molar-refractivity contribution in [1.29, 1.82) is 0 Å². The lowest BCUT2D eigenvalue weighted by atomic mass is 9.93. The highest BCUT2D eigenvalue weighted by Gasteiger charge is 2.30. The average molecular weight is 1340 g/mol. The summed E-state index contributed by atoms with van der Waals surface area (Å²) in [4.78, 5) is 96.8. The lowest BCUT2D eigenvalue weighted by Crippen LogP contribution is -2.47. The van der Waals surface area contributed by atoms with Gasteiger partial charge >= 0.3 is 41.7 Å². The molecule has 91 heavy (non-hydrogen) atoms. The van der Waals surface area contributed by atoms with Crippen molar-refractivity contribution in [3.63, 3.8) is 0 Å². The van der Waals surface area contributed by atoms with Crippen molar-refractivity contribution >= 4 is 82.3 Å². The maximum absolute atomic E-state index is 14.3. The molecule has 2 heterocycles. The van der Waals surface area contributed by atoms with Crippen LogP contribution >= 0.6 is 34.8 Å². The van der Waals surface area contributed by atoms with Gasteiger partial charge in [-0.15, -0.1) is 0 Å². The van der Waals surface area contributed by atoms with Crippen LogP contribution in [-0.2, 0) is 65.5 Å². The molecule has 492 valence electrons. The van der Waals surface area contributed by atoms with E-state index in [2.05, 4.69) is 29.9 Å². The number of esters is 5. The fourth-order valence-corrected chi connectivity index (χ4v) is 8.53. The molecule has 30 heteroatoms. The number of rotatable bonds is 30. The summed E-state index contributed by atoms with van der Waals surface area (Å²) in [5, 5.41) is 38.5. The van der Waals surface area contributed by atoms with Crippen molar-refractivity contribution in [2.75, 3.05) is 60.9 Å². The zero-order chi connectivity index (χ0) is 67.5. The number of hydrogen-bond donors (Lipinski definition) is 4. The van der Waals surface area contributed by atoms with Gasteiger partial charge in [-0.2, -0.15) is 0 Å². The number of aliphatic carboxylic acids is 1. The Labute approximate surface area is 536 Å². The number of aliphatic hydroxyl groups is 2. The van der Waals surface area contributed by atoms with Crippen LogP contribution in [0, 0.1) is 35.3 Å². The van der Waals surface area contributed by atoms with Gasteiger partial charge in [0.15, 0.2) is 18.3 Å². The minimum atomic E-state index is -1.75. The van der Waals surface area contributed by atoms with Crippen molar-refractivity contribution in [2.24, 2.45) is 23.7 Å². The number of halogens is 5. The molecule has 0 fully saturated rings. The van der Waals surface area contributed by atoms with E-state index < -0.39 is 96.5 Å². The number of ether oxygens (including phenoxy) is 7. The molecule has 0 bridgehead atoms. The smallest absolute Gasteiger partial charge is 0.339 e. The van der Waals surface area contributed by atoms with Gasteiger partial charge in [0.25, 0.3) is 11.8 Å². The minimum Gasteiger partial charge on any atom is -0.479 e. The maximum atomic E-state index is 14.3. The first-order chi connectivity index (χ1) is 43.2. The third kappa shape index (κ3) is 24.6. The lowest BCUT2D eigenvalue weighted by molar-refractivity contribution is -0.178. The fraction of sp³-hybridized carbons (Fsp3) is 0.377. The molecule has 0 aliphatic carbocycles. The summed E-state index contributed by atoms with van der Waals surface area (Å²) >= 11 is 17.2. The molecular weight excluding hydrogens is 1270 g/mol. The average Bonchev–Trinajstić information content (AvgIpc) is 2.83. The van der Waals surface area contributed by atoms with Crippen LogP contribution in [0.2, 0.25) is 10.0 Å². The Morgan fingerprint density at radius 3 is 1.48 bits per heavy atom. The van der Waals surface area contributed by atoms with Gasteiger partial charge < -0.3 is 57.5 Å². The number of ketones is 1. The summed E-state index contributed by atoms with van der Waals surface area (Å²) in [5.74, 6) is -8.51. The number of benzene rings is 4. The van der Waals surface area contributed by atoms with Crippen LogP contribution in [0.4, 0.5) is 8.78 Å². The number of hydrazine groups is 1. The van der Waals surface area contributed by atoms with E-state index in [0.717, 1.165) is 0 Å². The SMILES string of the molecule is COC(=O)C[C@H](C(=O)OCCl)C(C)C.COC(=O)C[C@H](C(=O)OCOC(=O)[C@H](O)CN(CC(=O)c1cc(OC)no1)Cc1ccc(-c2cc(Cl)ccc2F)cc1)C(C)C.COc1cc(C(=O)NN(Cc2ccc(-c3cc(Cl)ccc3F)cc2)C[C@@H](O)C(=O)O)on1. The molecule has 0 aliphatic rings. The van der Waals surface area contributed by atoms with Crippen LogP contribution < -0.4 is 14.9 Å². The highest BCUT2D eigenvalue weighted by atomic mass is 35.5. The number of hydrogen-bond acceptors (Lipinski definition) is 23. The highest BCUT2D eigenvalue weighted by Crippen LogP contribution is 2.29. The van der Waals surface area contributed by atoms with E-state index in [9.17, 15) is 57.4 Å². The quantitative estimate of drug-likeness (QED) is 0.00821. The Hall–Kier alpha value is -8.57. The molecule has 6 rings (SSSR count). The Balaban J connectivity index is 0.000000332. The molecule has 0 spiro atoms. The first-order valence-electron chi connectivity index (χ1n) is 27.4. The molecule has 4 N–H and O–H groups in total. The number of nitrogens with zero attached hydrogens (tertiary/aromatic N) is 4. The molecule has 6 aromatic rings. The first kappa shape index (κ1) is 74.9. The number of amides is 1. The van der Waals surface area contributed by atoms with Crippen LogP contribution in [0.25, 0.3) is 22.3 Å². The van der Waals surface area contributed by atoms with Crippen LogP contribution in [-0.4, -0.2) is 156 Å². The molecule has 0 unspecified atom stereocenters. The molecule has 4 atom stereocenters. The molecule has 25 nitrogen and oxygen atoms in total. The number of carboxylic acid groups (broad SMARTS) is 1. The van der Waals surface area contributed by atoms with Gasteiger partial charge in [-0.25, -0.2) is 23.4 Å². The molecule has 0 radical (unpaired) electrons. The highest BCUT2D eigenvalue weighted by molar-refractivity contribution is 6.31. The normalized spacial score (nSPS) is 12.3. The Morgan fingerprint density at radius 1 is 0.593 bits per heavy atom. The molecule has 0 saturated heterocycles. The molecule has 0 aliphatic heterocycles. The Morgan fingerprint density at radius 2 is 1.04 bits per heavy atom. The summed E-state index contributed by atoms with van der Waals surface area (Å²) in [6.07, 6.45) is -3.67. The van der Waals surface area contributed by atoms with Gasteiger partial charge in [0.2, 0.25) is 24.1 Å². The number of methoxy groups -OCH3 is 4. The fourth-order valence-electron chi connectivity index (χ4n) is 8.08. The third-order valence-corrected chi connectivity index (χ3v) is 13.7. The van der Waals surface area contributed by atoms with E-state index in [1.165, 1.54) is 86.9 Å². The van der Waals surface area contributed by atoms with Gasteiger partial charge in [0, 0.05) is 40.8 Å². The number of nitrogens with one attached hydrogen (secondary N) is 1. The molecule has 0 saturated carbocycles. The Bertz CT molecular complexity index is 3390. The zero-order valence-corrected chi connectivity index (χ0v) is 52.8. The predicted octanol–water partition coefficient (Wildman–Crippen LogP) is 8.36. The van der Waals surface area contributed by atoms with Gasteiger partial charge in [0.05, 0.1) is 78.3 Å². The van der Waals surface area contributed by atoms with E-state index >= 15 is 0 Å². The number of alkyl halides is 1. The largest absolute Gasteiger partial charge is 0.479 e. The van der Waals surface area contributed by atoms with Crippen molar-refractivity contribution in [1.82, 2.24) is 25.6 Å². The minimum absolute atomic E-state index is 0.0183. The van der Waals surface area contributed by atoms with Crippen LogP contribution in [0.1, 0.15) is 72.8 Å². The number of aliphatic hydroxyl groups excluding tert-OH is 2. The molecule has 1 amide bonds. The number of carboxylic acids is 1. The second-order valence-corrected chi connectivity index (χ2v) is 21.4. The van der Waals surface area contributed by atoms with E-state index in [1.807, 2.05) is 13.8 Å². The summed E-state index contributed by atoms with van der Waals surface area (Å²) < 4.78 is 71.8. The van der Waals surface area contributed by atoms with Crippen LogP contribution in [0.5, 0.6) is 11.8 Å². The molecule has 2 aromatic heterocycles. The van der Waals surface area contributed by atoms with Gasteiger partial charge in [0.1, 0.15) is 11.6 Å². The number of carbonyl (C=O) groups excluding carboxylic acids is 7. The van der Waals surface area contributed by atoms with E-state index in [-0.39, 0.29) is 80.2 Å². The van der Waals surface area contributed by atoms with Crippen LogP contribution in [0.3, 0.4) is 0 Å². The zero-order valence-electron chi connectivity index (χ0n) is 50.5. The van der Waals surface area contributed by atoms with Gasteiger partial charge in [-0.3, -0.25) is 39.1 Å². The van der Waals surface area contributed by atoms with E-state index in [1.54, 1.807) is 62.4 Å². The summed E-state index contributed by atoms with van der Waals surface area (Å²) in [7, 11) is 5.20. The third-order valence-electron chi connectivity index (χ3n) is 13.1. The second kappa shape index (κ2) is 37.6. The summed E-state index contributed by atoms with van der Waals surface area (Å²) in [6, 6.07) is 24.3. The summed E-state index contributed by atoms with van der Waals surface area (Å²) in [5.41, 5.74) is 5.59. The monoisotopic (exact) mass is 1330 g/mol. The van der Waals surface area contributed by atoms with E-state index in [0.29, 0.717) is 43.4 Å².